The lowest BCUT2D eigenvalue weighted by molar-refractivity contribution is 0.774. The molecule has 0 bridgehead atoms. The molecule has 4 aromatic heterocycles. The van der Waals surface area contributed by atoms with Gasteiger partial charge in [-0.15, -0.1) is 0 Å². The Hall–Kier alpha value is -4.72. The SMILES string of the molecule is C[C@H](Nc1nccc2[nH]cnc12)c1cc2cccc(-c3cn[nH]c3)c2c(=O)n1-c1ccccc1. The lowest BCUT2D eigenvalue weighted by atomic mass is 10.00. The van der Waals surface area contributed by atoms with E-state index in [1.165, 1.54) is 0 Å². The molecule has 0 aliphatic heterocycles. The van der Waals surface area contributed by atoms with E-state index in [1.54, 1.807) is 29.5 Å². The predicted octanol–water partition coefficient (Wildman–Crippen LogP) is 4.83. The Morgan fingerprint density at radius 2 is 1.91 bits per heavy atom. The number of nitrogens with zero attached hydrogens (tertiary/aromatic N) is 4. The summed E-state index contributed by atoms with van der Waals surface area (Å²) >= 11 is 0. The number of nitrogens with one attached hydrogen (secondary N) is 3. The van der Waals surface area contributed by atoms with Crippen molar-refractivity contribution in [2.24, 2.45) is 0 Å². The fourth-order valence-corrected chi connectivity index (χ4v) is 4.43. The van der Waals surface area contributed by atoms with Crippen LogP contribution in [0.1, 0.15) is 18.7 Å². The van der Waals surface area contributed by atoms with Gasteiger partial charge < -0.3 is 10.3 Å². The van der Waals surface area contributed by atoms with Crippen molar-refractivity contribution >= 4 is 27.6 Å². The zero-order chi connectivity index (χ0) is 23.1. The Morgan fingerprint density at radius 3 is 2.74 bits per heavy atom. The van der Waals surface area contributed by atoms with E-state index in [4.69, 9.17) is 0 Å². The normalized spacial score (nSPS) is 12.3. The number of imidazole rings is 1. The number of para-hydroxylation sites is 1. The van der Waals surface area contributed by atoms with Crippen LogP contribution in [0.15, 0.2) is 90.4 Å². The molecule has 0 amide bonds. The second-order valence-electron chi connectivity index (χ2n) is 8.13. The van der Waals surface area contributed by atoms with E-state index in [1.807, 2.05) is 61.5 Å². The third kappa shape index (κ3) is 3.24. The highest BCUT2D eigenvalue weighted by Crippen LogP contribution is 2.30. The van der Waals surface area contributed by atoms with Crippen LogP contribution in [-0.2, 0) is 0 Å². The molecular formula is C26H21N7O. The molecule has 4 heterocycles. The number of pyridine rings is 2. The minimum atomic E-state index is -0.232. The van der Waals surface area contributed by atoms with Gasteiger partial charge in [-0.05, 0) is 42.1 Å². The van der Waals surface area contributed by atoms with Gasteiger partial charge in [-0.1, -0.05) is 36.4 Å². The summed E-state index contributed by atoms with van der Waals surface area (Å²) in [6, 6.07) is 19.3. The Bertz CT molecular complexity index is 1670. The van der Waals surface area contributed by atoms with Crippen molar-refractivity contribution in [3.63, 3.8) is 0 Å². The van der Waals surface area contributed by atoms with Crippen molar-refractivity contribution in [1.82, 2.24) is 29.7 Å². The highest BCUT2D eigenvalue weighted by Gasteiger charge is 2.20. The molecule has 6 rings (SSSR count). The standard InChI is InChI=1S/C26H21N7O/c1-16(32-25-24-21(10-11-27-25)28-15-29-24)22-12-17-6-5-9-20(18-13-30-31-14-18)23(17)26(34)33(22)19-7-3-2-4-8-19/h2-16H,1H3,(H,27,32)(H,28,29)(H,30,31)/t16-/m0/s1. The number of rotatable bonds is 5. The summed E-state index contributed by atoms with van der Waals surface area (Å²) in [5.74, 6) is 0.658. The number of fused-ring (bicyclic) bond motifs is 2. The molecule has 0 aliphatic rings. The molecule has 8 nitrogen and oxygen atoms in total. The van der Waals surface area contributed by atoms with Crippen LogP contribution in [0.2, 0.25) is 0 Å². The van der Waals surface area contributed by atoms with Gasteiger partial charge in [0.25, 0.3) is 5.56 Å². The van der Waals surface area contributed by atoms with Gasteiger partial charge in [0.05, 0.1) is 29.5 Å². The molecular weight excluding hydrogens is 426 g/mol. The quantitative estimate of drug-likeness (QED) is 0.351. The van der Waals surface area contributed by atoms with Gasteiger partial charge in [-0.3, -0.25) is 14.5 Å². The van der Waals surface area contributed by atoms with Gasteiger partial charge in [0.1, 0.15) is 5.52 Å². The Balaban J connectivity index is 1.58. The number of aromatic nitrogens is 6. The van der Waals surface area contributed by atoms with Gasteiger partial charge >= 0.3 is 0 Å². The second-order valence-corrected chi connectivity index (χ2v) is 8.13. The summed E-state index contributed by atoms with van der Waals surface area (Å²) in [5.41, 5.74) is 4.90. The zero-order valence-electron chi connectivity index (χ0n) is 18.4. The fraction of sp³-hybridized carbons (Fsp3) is 0.0769. The van der Waals surface area contributed by atoms with Crippen LogP contribution in [0.5, 0.6) is 0 Å². The topological polar surface area (TPSA) is 104 Å². The smallest absolute Gasteiger partial charge is 0.263 e. The highest BCUT2D eigenvalue weighted by molar-refractivity contribution is 5.96. The van der Waals surface area contributed by atoms with E-state index in [0.717, 1.165) is 38.9 Å². The third-order valence-electron chi connectivity index (χ3n) is 6.03. The van der Waals surface area contributed by atoms with Crippen molar-refractivity contribution in [2.75, 3.05) is 5.32 Å². The summed E-state index contributed by atoms with van der Waals surface area (Å²) < 4.78 is 1.77. The van der Waals surface area contributed by atoms with Crippen LogP contribution >= 0.6 is 0 Å². The van der Waals surface area contributed by atoms with Crippen molar-refractivity contribution in [2.45, 2.75) is 13.0 Å². The number of hydrogen-bond donors (Lipinski definition) is 3. The highest BCUT2D eigenvalue weighted by atomic mass is 16.1. The van der Waals surface area contributed by atoms with Crippen LogP contribution in [0, 0.1) is 0 Å². The zero-order valence-corrected chi connectivity index (χ0v) is 18.4. The first kappa shape index (κ1) is 19.9. The van der Waals surface area contributed by atoms with Gasteiger partial charge in [-0.25, -0.2) is 9.97 Å². The molecule has 0 spiro atoms. The lowest BCUT2D eigenvalue weighted by Gasteiger charge is -2.22. The summed E-state index contributed by atoms with van der Waals surface area (Å²) in [6.45, 7) is 2.02. The third-order valence-corrected chi connectivity index (χ3v) is 6.03. The van der Waals surface area contributed by atoms with E-state index in [-0.39, 0.29) is 11.6 Å². The first-order valence-corrected chi connectivity index (χ1v) is 11.0. The van der Waals surface area contributed by atoms with Gasteiger partial charge in [0, 0.05) is 29.3 Å². The molecule has 34 heavy (non-hydrogen) atoms. The molecule has 0 aliphatic carbocycles. The summed E-state index contributed by atoms with van der Waals surface area (Å²) in [5, 5.41) is 11.9. The maximum absolute atomic E-state index is 14.1. The Kier molecular flexibility index (Phi) is 4.69. The van der Waals surface area contributed by atoms with Crippen LogP contribution < -0.4 is 10.9 Å². The minimum Gasteiger partial charge on any atom is -0.360 e. The fourth-order valence-electron chi connectivity index (χ4n) is 4.43. The minimum absolute atomic E-state index is 0.0879. The van der Waals surface area contributed by atoms with E-state index in [2.05, 4.69) is 36.5 Å². The van der Waals surface area contributed by atoms with Crippen molar-refractivity contribution in [1.29, 1.82) is 0 Å². The number of hydrogen-bond acceptors (Lipinski definition) is 5. The summed E-state index contributed by atoms with van der Waals surface area (Å²) in [7, 11) is 0. The van der Waals surface area contributed by atoms with E-state index in [9.17, 15) is 4.79 Å². The van der Waals surface area contributed by atoms with Crippen LogP contribution in [-0.4, -0.2) is 29.7 Å². The number of aromatic amines is 2. The number of benzene rings is 2. The van der Waals surface area contributed by atoms with Gasteiger partial charge in [-0.2, -0.15) is 5.10 Å². The van der Waals surface area contributed by atoms with Crippen LogP contribution in [0.4, 0.5) is 5.82 Å². The number of H-pyrrole nitrogens is 2. The van der Waals surface area contributed by atoms with Crippen molar-refractivity contribution in [3.05, 3.63) is 102 Å². The molecule has 8 heteroatoms. The predicted molar refractivity (Wildman–Crippen MR) is 133 cm³/mol. The maximum Gasteiger partial charge on any atom is 0.263 e. The van der Waals surface area contributed by atoms with Gasteiger partial charge in [0.15, 0.2) is 5.82 Å². The molecule has 166 valence electrons. The van der Waals surface area contributed by atoms with Gasteiger partial charge in [0.2, 0.25) is 0 Å². The molecule has 0 fully saturated rings. The van der Waals surface area contributed by atoms with Crippen molar-refractivity contribution in [3.8, 4) is 16.8 Å². The van der Waals surface area contributed by atoms with E-state index < -0.39 is 0 Å². The maximum atomic E-state index is 14.1. The largest absolute Gasteiger partial charge is 0.360 e. The molecule has 6 aromatic rings. The van der Waals surface area contributed by atoms with E-state index in [0.29, 0.717) is 11.2 Å². The van der Waals surface area contributed by atoms with Crippen LogP contribution in [0.3, 0.4) is 0 Å². The average Bonchev–Trinajstić information content (AvgIpc) is 3.57. The molecule has 2 aromatic carbocycles. The first-order chi connectivity index (χ1) is 16.7. The lowest BCUT2D eigenvalue weighted by Crippen LogP contribution is -2.26. The summed E-state index contributed by atoms with van der Waals surface area (Å²) in [4.78, 5) is 26.1. The molecule has 0 saturated carbocycles. The average molecular weight is 448 g/mol. The van der Waals surface area contributed by atoms with Crippen molar-refractivity contribution < 1.29 is 0 Å². The monoisotopic (exact) mass is 447 g/mol. The second kappa shape index (κ2) is 8.00. The molecule has 3 N–H and O–H groups in total. The molecule has 1 atom stereocenters. The van der Waals surface area contributed by atoms with E-state index >= 15 is 0 Å². The number of anilines is 1. The Labute approximate surface area is 194 Å². The first-order valence-electron chi connectivity index (χ1n) is 11.0. The molecule has 0 radical (unpaired) electrons. The molecule has 0 saturated heterocycles. The molecule has 0 unspecified atom stereocenters. The van der Waals surface area contributed by atoms with Crippen LogP contribution in [0.25, 0.3) is 38.6 Å². The Morgan fingerprint density at radius 1 is 1.03 bits per heavy atom. The summed E-state index contributed by atoms with van der Waals surface area (Å²) in [6.07, 6.45) is 6.91.